The van der Waals surface area contributed by atoms with Gasteiger partial charge in [-0.25, -0.2) is 13.2 Å². The van der Waals surface area contributed by atoms with Crippen LogP contribution in [0.1, 0.15) is 28.4 Å². The molecular weight excluding hydrogens is 522 g/mol. The lowest BCUT2D eigenvalue weighted by atomic mass is 10.0. The minimum absolute atomic E-state index is 0.0301. The van der Waals surface area contributed by atoms with Gasteiger partial charge in [0.1, 0.15) is 18.4 Å². The molecule has 0 aliphatic carbocycles. The number of hydrogen-bond acceptors (Lipinski definition) is 6. The van der Waals surface area contributed by atoms with Crippen LogP contribution in [0.25, 0.3) is 10.9 Å². The van der Waals surface area contributed by atoms with E-state index in [1.54, 1.807) is 37.6 Å². The van der Waals surface area contributed by atoms with Crippen molar-refractivity contribution in [3.05, 3.63) is 89.9 Å². The average molecular weight is 548 g/mol. The summed E-state index contributed by atoms with van der Waals surface area (Å²) in [6.07, 6.45) is 4.83. The minimum atomic E-state index is -4.21. The molecule has 200 valence electrons. The predicted octanol–water partition coefficient (Wildman–Crippen LogP) is 3.16. The van der Waals surface area contributed by atoms with Crippen molar-refractivity contribution in [1.29, 1.82) is 0 Å². The number of sulfonamides is 1. The number of fused-ring (bicyclic) bond motifs is 1. The summed E-state index contributed by atoms with van der Waals surface area (Å²) in [5.74, 6) is 3.34. The largest absolute Gasteiger partial charge is 0.481 e. The molecule has 1 atom stereocenters. The summed E-state index contributed by atoms with van der Waals surface area (Å²) < 4.78 is 35.6. The molecule has 3 N–H and O–H groups in total. The van der Waals surface area contributed by atoms with Crippen LogP contribution in [0.2, 0.25) is 0 Å². The van der Waals surface area contributed by atoms with Gasteiger partial charge in [-0.3, -0.25) is 9.78 Å². The van der Waals surface area contributed by atoms with Gasteiger partial charge in [0.2, 0.25) is 10.0 Å². The van der Waals surface area contributed by atoms with Gasteiger partial charge in [-0.1, -0.05) is 12.0 Å². The van der Waals surface area contributed by atoms with Crippen molar-refractivity contribution < 1.29 is 33.0 Å². The van der Waals surface area contributed by atoms with Crippen LogP contribution >= 0.6 is 0 Å². The first-order chi connectivity index (χ1) is 18.7. The number of nitrogens with zero attached hydrogens (tertiary/aromatic N) is 2. The van der Waals surface area contributed by atoms with E-state index in [9.17, 15) is 28.2 Å². The minimum Gasteiger partial charge on any atom is -0.481 e. The van der Waals surface area contributed by atoms with Crippen LogP contribution in [0.4, 0.5) is 0 Å². The second-order valence-corrected chi connectivity index (χ2v) is 10.3. The van der Waals surface area contributed by atoms with Crippen molar-refractivity contribution in [2.24, 2.45) is 0 Å². The van der Waals surface area contributed by atoms with Crippen LogP contribution in [-0.2, 0) is 27.8 Å². The van der Waals surface area contributed by atoms with E-state index in [1.807, 2.05) is 10.6 Å². The van der Waals surface area contributed by atoms with E-state index >= 15 is 0 Å². The number of pyridine rings is 1. The highest BCUT2D eigenvalue weighted by molar-refractivity contribution is 7.89. The molecule has 2 aromatic carbocycles. The molecule has 0 saturated carbocycles. The summed E-state index contributed by atoms with van der Waals surface area (Å²) in [6.45, 7) is 2.23. The van der Waals surface area contributed by atoms with E-state index in [-0.39, 0.29) is 23.5 Å². The molecule has 0 aliphatic rings. The molecule has 39 heavy (non-hydrogen) atoms. The van der Waals surface area contributed by atoms with Gasteiger partial charge in [0, 0.05) is 42.5 Å². The molecule has 0 aliphatic heterocycles. The second kappa shape index (κ2) is 11.8. The SMILES string of the molecule is CC#CCOc1ccc(S(=O)(=O)N[C@@H](Cc2cn(Cc3cccnc3)c3ccc(C(=O)O)cc23)C(=O)O)cc1. The monoisotopic (exact) mass is 547 g/mol. The third kappa shape index (κ3) is 6.62. The number of benzene rings is 2. The second-order valence-electron chi connectivity index (χ2n) is 8.58. The Labute approximate surface area is 224 Å². The molecule has 2 heterocycles. The van der Waals surface area contributed by atoms with Gasteiger partial charge in [-0.2, -0.15) is 4.72 Å². The normalized spacial score (nSPS) is 11.9. The van der Waals surface area contributed by atoms with Gasteiger partial charge in [0.05, 0.1) is 10.5 Å². The van der Waals surface area contributed by atoms with E-state index in [2.05, 4.69) is 21.5 Å². The van der Waals surface area contributed by atoms with Crippen LogP contribution in [-0.4, -0.2) is 52.8 Å². The molecule has 2 aromatic heterocycles. The molecule has 0 unspecified atom stereocenters. The zero-order chi connectivity index (χ0) is 28.0. The Morgan fingerprint density at radius 1 is 1.13 bits per heavy atom. The van der Waals surface area contributed by atoms with E-state index in [4.69, 9.17) is 4.74 Å². The predicted molar refractivity (Wildman–Crippen MR) is 143 cm³/mol. The van der Waals surface area contributed by atoms with Crippen molar-refractivity contribution in [1.82, 2.24) is 14.3 Å². The lowest BCUT2D eigenvalue weighted by Gasteiger charge is -2.15. The smallest absolute Gasteiger partial charge is 0.335 e. The number of aliphatic carboxylic acids is 1. The first kappa shape index (κ1) is 27.4. The number of aromatic carboxylic acids is 1. The summed E-state index contributed by atoms with van der Waals surface area (Å²) in [6, 6.07) is 12.3. The van der Waals surface area contributed by atoms with Crippen molar-refractivity contribution in [2.45, 2.75) is 30.8 Å². The maximum Gasteiger partial charge on any atom is 0.335 e. The summed E-state index contributed by atoms with van der Waals surface area (Å²) >= 11 is 0. The summed E-state index contributed by atoms with van der Waals surface area (Å²) in [5, 5.41) is 19.9. The van der Waals surface area contributed by atoms with Crippen molar-refractivity contribution in [3.63, 3.8) is 0 Å². The molecule has 4 rings (SSSR count). The summed E-state index contributed by atoms with van der Waals surface area (Å²) in [7, 11) is -4.21. The van der Waals surface area contributed by atoms with E-state index in [0.717, 1.165) is 5.56 Å². The van der Waals surface area contributed by atoms with Gasteiger partial charge < -0.3 is 19.5 Å². The van der Waals surface area contributed by atoms with Crippen LogP contribution < -0.4 is 9.46 Å². The van der Waals surface area contributed by atoms with E-state index in [0.29, 0.717) is 28.8 Å². The molecule has 4 aromatic rings. The molecule has 0 radical (unpaired) electrons. The molecule has 0 amide bonds. The third-order valence-corrected chi connectivity index (χ3v) is 7.42. The molecule has 0 saturated heterocycles. The van der Waals surface area contributed by atoms with Crippen LogP contribution in [0.5, 0.6) is 5.75 Å². The fourth-order valence-electron chi connectivity index (χ4n) is 4.05. The van der Waals surface area contributed by atoms with Crippen molar-refractivity contribution >= 4 is 32.9 Å². The highest BCUT2D eigenvalue weighted by Crippen LogP contribution is 2.26. The third-order valence-electron chi connectivity index (χ3n) is 5.93. The number of hydrogen-bond donors (Lipinski definition) is 3. The number of carbonyl (C=O) groups is 2. The number of carboxylic acid groups (broad SMARTS) is 2. The average Bonchev–Trinajstić information content (AvgIpc) is 3.25. The number of nitrogens with one attached hydrogen (secondary N) is 1. The van der Waals surface area contributed by atoms with Crippen LogP contribution in [0, 0.1) is 11.8 Å². The first-order valence-electron chi connectivity index (χ1n) is 11.8. The number of ether oxygens (including phenoxy) is 1. The first-order valence-corrected chi connectivity index (χ1v) is 13.3. The number of rotatable bonds is 11. The molecule has 11 heteroatoms. The maximum absolute atomic E-state index is 13.0. The van der Waals surface area contributed by atoms with E-state index < -0.39 is 28.0 Å². The Hall–Kier alpha value is -4.66. The number of aromatic nitrogens is 2. The van der Waals surface area contributed by atoms with Crippen molar-refractivity contribution in [3.8, 4) is 17.6 Å². The molecular formula is C28H25N3O7S. The van der Waals surface area contributed by atoms with Crippen molar-refractivity contribution in [2.75, 3.05) is 6.61 Å². The molecule has 0 fully saturated rings. The Balaban J connectivity index is 1.63. The Bertz CT molecular complexity index is 1670. The zero-order valence-corrected chi connectivity index (χ0v) is 21.7. The highest BCUT2D eigenvalue weighted by Gasteiger charge is 2.27. The molecule has 10 nitrogen and oxygen atoms in total. The summed E-state index contributed by atoms with van der Waals surface area (Å²) in [4.78, 5) is 27.7. The Kier molecular flexibility index (Phi) is 8.29. The fourth-order valence-corrected chi connectivity index (χ4v) is 5.24. The van der Waals surface area contributed by atoms with Gasteiger partial charge in [0.15, 0.2) is 0 Å². The summed E-state index contributed by atoms with van der Waals surface area (Å²) in [5.41, 5.74) is 2.07. The van der Waals surface area contributed by atoms with Crippen LogP contribution in [0.15, 0.2) is 78.1 Å². The topological polar surface area (TPSA) is 148 Å². The Morgan fingerprint density at radius 2 is 1.90 bits per heavy atom. The van der Waals surface area contributed by atoms with Gasteiger partial charge in [0.25, 0.3) is 0 Å². The zero-order valence-electron chi connectivity index (χ0n) is 20.9. The van der Waals surface area contributed by atoms with Gasteiger partial charge >= 0.3 is 11.9 Å². The molecule has 0 bridgehead atoms. The van der Waals surface area contributed by atoms with E-state index in [1.165, 1.54) is 36.4 Å². The lowest BCUT2D eigenvalue weighted by Crippen LogP contribution is -2.42. The fraction of sp³-hybridized carbons (Fsp3) is 0.179. The number of carboxylic acids is 2. The maximum atomic E-state index is 13.0. The van der Waals surface area contributed by atoms with Gasteiger partial charge in [-0.15, -0.1) is 5.92 Å². The van der Waals surface area contributed by atoms with Crippen LogP contribution in [0.3, 0.4) is 0 Å². The standard InChI is InChI=1S/C28H25N3O7S/c1-2-3-13-38-22-7-9-23(10-8-22)39(36,37)30-25(28(34)35)15-21-18-31(17-19-5-4-12-29-16-19)26-11-6-20(27(32)33)14-24(21)26/h4-12,14,16,18,25,30H,13,15,17H2,1H3,(H,32,33)(H,34,35)/t25-/m0/s1. The lowest BCUT2D eigenvalue weighted by molar-refractivity contribution is -0.138. The highest BCUT2D eigenvalue weighted by atomic mass is 32.2. The van der Waals surface area contributed by atoms with Gasteiger partial charge in [-0.05, 0) is 66.6 Å². The Morgan fingerprint density at radius 3 is 2.54 bits per heavy atom. The molecule has 0 spiro atoms. The quantitative estimate of drug-likeness (QED) is 0.243.